The number of rotatable bonds is 2. The number of hydrogen-bond donors (Lipinski definition) is 0. The molecular formula is C8H12F2ORu. The molecule has 1 aromatic carbocycles. The molecule has 0 heterocycles. The Morgan fingerprint density at radius 2 is 1.58 bits per heavy atom. The molecule has 0 radical (unpaired) electrons. The molecule has 1 nitrogen and oxygen atoms in total. The van der Waals surface area contributed by atoms with Gasteiger partial charge in [0.05, 0.1) is 6.61 Å². The maximum absolute atomic E-state index is 5.21. The first-order valence-electron chi connectivity index (χ1n) is 3.11. The predicted molar refractivity (Wildman–Crippen MR) is 42.6 cm³/mol. The van der Waals surface area contributed by atoms with Crippen LogP contribution in [0, 0.1) is 0 Å². The molecule has 0 saturated heterocycles. The molecule has 0 bridgehead atoms. The molecule has 4 heteroatoms. The Bertz CT molecular complexity index is 170. The zero-order valence-corrected chi connectivity index (χ0v) is 8.41. The summed E-state index contributed by atoms with van der Waals surface area (Å²) in [6.45, 7) is 2.72. The van der Waals surface area contributed by atoms with Gasteiger partial charge in [0, 0.05) is 19.5 Å². The third-order valence-corrected chi connectivity index (χ3v) is 1.05. The Morgan fingerprint density at radius 1 is 1.08 bits per heavy atom. The van der Waals surface area contributed by atoms with Gasteiger partial charge in [-0.1, -0.05) is 18.2 Å². The van der Waals surface area contributed by atoms with Crippen LogP contribution in [-0.4, -0.2) is 6.61 Å². The van der Waals surface area contributed by atoms with Gasteiger partial charge in [0.2, 0.25) is 0 Å². The molecule has 1 rings (SSSR count). The smallest absolute Gasteiger partial charge is 0.119 e. The molecule has 0 atom stereocenters. The monoisotopic (exact) mass is 264 g/mol. The van der Waals surface area contributed by atoms with E-state index in [1.54, 1.807) is 0 Å². The van der Waals surface area contributed by atoms with E-state index in [0.29, 0.717) is 0 Å². The molecule has 0 unspecified atom stereocenters. The number of ether oxygens (including phenoxy) is 1. The first-order valence-corrected chi connectivity index (χ1v) is 3.11. The molecule has 0 spiro atoms. The standard InChI is InChI=1S/C8H10O.2FH.Ru/c1-2-9-8-6-4-3-5-7-8;;;/h3-7H,2H2,1H3;2*1H;. The summed E-state index contributed by atoms with van der Waals surface area (Å²) < 4.78 is 5.21. The third-order valence-electron chi connectivity index (χ3n) is 1.05. The summed E-state index contributed by atoms with van der Waals surface area (Å²) in [5.74, 6) is 0.944. The molecule has 12 heavy (non-hydrogen) atoms. The first kappa shape index (κ1) is 17.6. The quantitative estimate of drug-likeness (QED) is 0.744. The Balaban J connectivity index is -0.000000270. The summed E-state index contributed by atoms with van der Waals surface area (Å²) in [6, 6.07) is 9.80. The van der Waals surface area contributed by atoms with E-state index in [1.165, 1.54) is 0 Å². The third kappa shape index (κ3) is 6.23. The van der Waals surface area contributed by atoms with Gasteiger partial charge >= 0.3 is 0 Å². The maximum Gasteiger partial charge on any atom is 0.119 e. The van der Waals surface area contributed by atoms with Crippen LogP contribution in [0.15, 0.2) is 30.3 Å². The zero-order chi connectivity index (χ0) is 6.53. The molecule has 0 N–H and O–H groups in total. The second-order valence-corrected chi connectivity index (χ2v) is 1.75. The molecule has 0 fully saturated rings. The minimum atomic E-state index is 0. The molecule has 0 aliphatic heterocycles. The second-order valence-electron chi connectivity index (χ2n) is 1.75. The van der Waals surface area contributed by atoms with Crippen LogP contribution in [0.25, 0.3) is 0 Å². The van der Waals surface area contributed by atoms with Gasteiger partial charge < -0.3 is 4.74 Å². The van der Waals surface area contributed by atoms with E-state index in [1.807, 2.05) is 37.3 Å². The fourth-order valence-electron chi connectivity index (χ4n) is 0.683. The van der Waals surface area contributed by atoms with E-state index in [4.69, 9.17) is 4.74 Å². The van der Waals surface area contributed by atoms with Crippen molar-refractivity contribution in [2.75, 3.05) is 6.61 Å². The van der Waals surface area contributed by atoms with E-state index in [2.05, 4.69) is 0 Å². The van der Waals surface area contributed by atoms with Crippen molar-refractivity contribution in [1.29, 1.82) is 0 Å². The van der Waals surface area contributed by atoms with Gasteiger partial charge in [0.25, 0.3) is 0 Å². The Labute approximate surface area is 83.6 Å². The summed E-state index contributed by atoms with van der Waals surface area (Å²) in [6.07, 6.45) is 0. The molecule has 0 aliphatic carbocycles. The average Bonchev–Trinajstić information content (AvgIpc) is 1.91. The molecular weight excluding hydrogens is 251 g/mol. The largest absolute Gasteiger partial charge is 0.494 e. The summed E-state index contributed by atoms with van der Waals surface area (Å²) in [5, 5.41) is 0. The van der Waals surface area contributed by atoms with E-state index in [9.17, 15) is 0 Å². The van der Waals surface area contributed by atoms with Crippen molar-refractivity contribution in [3.63, 3.8) is 0 Å². The van der Waals surface area contributed by atoms with Crippen molar-refractivity contribution in [2.45, 2.75) is 6.92 Å². The molecule has 0 aliphatic rings. The van der Waals surface area contributed by atoms with Crippen molar-refractivity contribution in [3.8, 4) is 5.75 Å². The molecule has 1 aromatic rings. The van der Waals surface area contributed by atoms with Gasteiger partial charge in [0.1, 0.15) is 5.75 Å². The van der Waals surface area contributed by atoms with Crippen LogP contribution in [0.2, 0.25) is 0 Å². The fourth-order valence-corrected chi connectivity index (χ4v) is 0.683. The van der Waals surface area contributed by atoms with Gasteiger partial charge in [-0.3, -0.25) is 9.41 Å². The number of benzene rings is 1. The number of para-hydroxylation sites is 1. The van der Waals surface area contributed by atoms with E-state index < -0.39 is 0 Å². The molecule has 0 saturated carbocycles. The van der Waals surface area contributed by atoms with Crippen molar-refractivity contribution < 1.29 is 33.6 Å². The molecule has 0 amide bonds. The Hall–Kier alpha value is -0.497. The van der Waals surface area contributed by atoms with Crippen molar-refractivity contribution in [1.82, 2.24) is 0 Å². The fraction of sp³-hybridized carbons (Fsp3) is 0.250. The second kappa shape index (κ2) is 10.5. The Kier molecular flexibility index (Phi) is 15.4. The van der Waals surface area contributed by atoms with Gasteiger partial charge in [-0.05, 0) is 19.1 Å². The topological polar surface area (TPSA) is 9.23 Å². The minimum absolute atomic E-state index is 0. The van der Waals surface area contributed by atoms with E-state index in [-0.39, 0.29) is 28.9 Å². The first-order chi connectivity index (χ1) is 4.43. The molecule has 0 aromatic heterocycles. The van der Waals surface area contributed by atoms with E-state index >= 15 is 0 Å². The van der Waals surface area contributed by atoms with Crippen molar-refractivity contribution >= 4 is 0 Å². The van der Waals surface area contributed by atoms with Crippen LogP contribution in [0.3, 0.4) is 0 Å². The van der Waals surface area contributed by atoms with Crippen LogP contribution in [-0.2, 0) is 19.5 Å². The summed E-state index contributed by atoms with van der Waals surface area (Å²) in [7, 11) is 0. The number of hydrogen-bond acceptors (Lipinski definition) is 1. The summed E-state index contributed by atoms with van der Waals surface area (Å²) in [5.41, 5.74) is 0. The van der Waals surface area contributed by atoms with E-state index in [0.717, 1.165) is 12.4 Å². The van der Waals surface area contributed by atoms with Gasteiger partial charge in [0.15, 0.2) is 0 Å². The van der Waals surface area contributed by atoms with Crippen molar-refractivity contribution in [2.24, 2.45) is 0 Å². The van der Waals surface area contributed by atoms with Crippen LogP contribution in [0.1, 0.15) is 6.92 Å². The van der Waals surface area contributed by atoms with Gasteiger partial charge in [-0.2, -0.15) is 0 Å². The normalized spacial score (nSPS) is 6.75. The number of halogens is 2. The zero-order valence-electron chi connectivity index (χ0n) is 6.67. The minimum Gasteiger partial charge on any atom is -0.494 e. The van der Waals surface area contributed by atoms with Crippen molar-refractivity contribution in [3.05, 3.63) is 30.3 Å². The maximum atomic E-state index is 5.21. The molecule has 72 valence electrons. The van der Waals surface area contributed by atoms with Crippen LogP contribution in [0.4, 0.5) is 9.41 Å². The summed E-state index contributed by atoms with van der Waals surface area (Å²) >= 11 is 0. The van der Waals surface area contributed by atoms with Crippen LogP contribution >= 0.6 is 0 Å². The van der Waals surface area contributed by atoms with Crippen LogP contribution < -0.4 is 4.74 Å². The average molecular weight is 263 g/mol. The Morgan fingerprint density at radius 3 is 2.00 bits per heavy atom. The predicted octanol–water partition coefficient (Wildman–Crippen LogP) is 2.39. The summed E-state index contributed by atoms with van der Waals surface area (Å²) in [4.78, 5) is 0. The van der Waals surface area contributed by atoms with Gasteiger partial charge in [-0.15, -0.1) is 0 Å². The van der Waals surface area contributed by atoms with Gasteiger partial charge in [-0.25, -0.2) is 0 Å². The SMILES string of the molecule is CCOc1ccccc1.F.F.[Ru]. The van der Waals surface area contributed by atoms with Crippen LogP contribution in [0.5, 0.6) is 5.75 Å².